The van der Waals surface area contributed by atoms with Gasteiger partial charge in [0.15, 0.2) is 5.82 Å². The van der Waals surface area contributed by atoms with Crippen molar-refractivity contribution in [1.29, 1.82) is 0 Å². The number of rotatable bonds is 6. The Bertz CT molecular complexity index is 495. The Morgan fingerprint density at radius 1 is 1.65 bits per heavy atom. The fourth-order valence-corrected chi connectivity index (χ4v) is 1.91. The molecule has 0 fully saturated rings. The molecule has 0 aliphatic rings. The lowest BCUT2D eigenvalue weighted by Gasteiger charge is -2.15. The molecular formula is C8H14N4O4S. The largest absolute Gasteiger partial charge is 0.481 e. The van der Waals surface area contributed by atoms with Crippen LogP contribution in [0.2, 0.25) is 0 Å². The molecule has 1 rings (SSSR count). The third-order valence-corrected chi connectivity index (χ3v) is 3.46. The molecule has 0 aromatic carbocycles. The van der Waals surface area contributed by atoms with Crippen molar-refractivity contribution in [3.05, 3.63) is 11.8 Å². The van der Waals surface area contributed by atoms with Crippen molar-refractivity contribution in [3.8, 4) is 0 Å². The van der Waals surface area contributed by atoms with Crippen molar-refractivity contribution in [3.63, 3.8) is 0 Å². The summed E-state index contributed by atoms with van der Waals surface area (Å²) in [6, 6.07) is 1.53. The summed E-state index contributed by atoms with van der Waals surface area (Å²) in [5.41, 5.74) is 0.718. The quantitative estimate of drug-likeness (QED) is 0.655. The Balaban J connectivity index is 2.64. The predicted molar refractivity (Wildman–Crippen MR) is 60.8 cm³/mol. The number of nitrogens with one attached hydrogen (secondary N) is 2. The number of carboxylic acids is 1. The fraction of sp³-hybridized carbons (Fsp3) is 0.500. The van der Waals surface area contributed by atoms with Gasteiger partial charge >= 0.3 is 16.2 Å². The molecule has 0 unspecified atom stereocenters. The van der Waals surface area contributed by atoms with Gasteiger partial charge in [-0.15, -0.1) is 0 Å². The Hall–Kier alpha value is -1.61. The molecule has 0 bridgehead atoms. The van der Waals surface area contributed by atoms with E-state index in [9.17, 15) is 13.2 Å². The van der Waals surface area contributed by atoms with Gasteiger partial charge in [0.2, 0.25) is 0 Å². The SMILES string of the molecule is Cc1cc(NS(=O)(=O)N(C)CCC(=O)O)n[nH]1. The highest BCUT2D eigenvalue weighted by Crippen LogP contribution is 2.08. The summed E-state index contributed by atoms with van der Waals surface area (Å²) < 4.78 is 26.5. The van der Waals surface area contributed by atoms with Gasteiger partial charge in [-0.3, -0.25) is 14.6 Å². The first-order chi connectivity index (χ1) is 7.81. The van der Waals surface area contributed by atoms with Gasteiger partial charge < -0.3 is 5.11 Å². The summed E-state index contributed by atoms with van der Waals surface area (Å²) in [4.78, 5) is 10.3. The molecule has 9 heteroatoms. The lowest BCUT2D eigenvalue weighted by atomic mass is 10.4. The molecule has 96 valence electrons. The van der Waals surface area contributed by atoms with Crippen molar-refractivity contribution in [2.24, 2.45) is 0 Å². The molecule has 1 aromatic rings. The van der Waals surface area contributed by atoms with Crippen LogP contribution in [0.25, 0.3) is 0 Å². The number of aromatic nitrogens is 2. The van der Waals surface area contributed by atoms with Crippen LogP contribution in [0.1, 0.15) is 12.1 Å². The number of nitrogens with zero attached hydrogens (tertiary/aromatic N) is 2. The zero-order chi connectivity index (χ0) is 13.1. The topological polar surface area (TPSA) is 115 Å². The van der Waals surface area contributed by atoms with Gasteiger partial charge in [0.1, 0.15) is 0 Å². The van der Waals surface area contributed by atoms with E-state index >= 15 is 0 Å². The number of aryl methyl sites for hydroxylation is 1. The summed E-state index contributed by atoms with van der Waals surface area (Å²) in [6.07, 6.45) is -0.253. The van der Waals surface area contributed by atoms with Crippen molar-refractivity contribution < 1.29 is 18.3 Å². The first kappa shape index (κ1) is 13.5. The molecule has 1 heterocycles. The average Bonchev–Trinajstić information content (AvgIpc) is 2.59. The normalized spacial score (nSPS) is 11.7. The maximum Gasteiger partial charge on any atom is 0.304 e. The van der Waals surface area contributed by atoms with Crippen molar-refractivity contribution in [2.45, 2.75) is 13.3 Å². The van der Waals surface area contributed by atoms with Gasteiger partial charge in [-0.1, -0.05) is 0 Å². The van der Waals surface area contributed by atoms with Crippen LogP contribution in [0, 0.1) is 6.92 Å². The van der Waals surface area contributed by atoms with E-state index in [0.717, 1.165) is 10.00 Å². The van der Waals surface area contributed by atoms with Gasteiger partial charge in [0, 0.05) is 25.4 Å². The third-order valence-electron chi connectivity index (χ3n) is 1.99. The minimum atomic E-state index is -3.76. The van der Waals surface area contributed by atoms with E-state index in [1.165, 1.54) is 13.1 Å². The number of aliphatic carboxylic acids is 1. The van der Waals surface area contributed by atoms with E-state index in [2.05, 4.69) is 14.9 Å². The Kier molecular flexibility index (Phi) is 4.07. The van der Waals surface area contributed by atoms with E-state index in [-0.39, 0.29) is 18.8 Å². The summed E-state index contributed by atoms with van der Waals surface area (Å²) in [5, 5.41) is 14.8. The highest BCUT2D eigenvalue weighted by molar-refractivity contribution is 7.90. The number of hydrogen-bond donors (Lipinski definition) is 3. The number of carbonyl (C=O) groups is 1. The number of H-pyrrole nitrogens is 1. The molecule has 0 spiro atoms. The van der Waals surface area contributed by atoms with Gasteiger partial charge in [0.05, 0.1) is 6.42 Å². The number of hydrogen-bond acceptors (Lipinski definition) is 4. The zero-order valence-corrected chi connectivity index (χ0v) is 10.3. The van der Waals surface area contributed by atoms with E-state index < -0.39 is 16.2 Å². The summed E-state index contributed by atoms with van der Waals surface area (Å²) in [6.45, 7) is 1.63. The van der Waals surface area contributed by atoms with E-state index in [1.54, 1.807) is 6.92 Å². The number of anilines is 1. The second-order valence-electron chi connectivity index (χ2n) is 3.51. The summed E-state index contributed by atoms with van der Waals surface area (Å²) >= 11 is 0. The average molecular weight is 262 g/mol. The molecule has 3 N–H and O–H groups in total. The maximum atomic E-state index is 11.7. The fourth-order valence-electron chi connectivity index (χ4n) is 1.05. The van der Waals surface area contributed by atoms with Gasteiger partial charge in [0.25, 0.3) is 0 Å². The maximum absolute atomic E-state index is 11.7. The van der Waals surface area contributed by atoms with E-state index in [1.807, 2.05) is 0 Å². The first-order valence-electron chi connectivity index (χ1n) is 4.79. The molecule has 0 aliphatic carbocycles. The van der Waals surface area contributed by atoms with Crippen LogP contribution >= 0.6 is 0 Å². The van der Waals surface area contributed by atoms with Crippen molar-refractivity contribution >= 4 is 22.0 Å². The molecule has 0 aliphatic heterocycles. The second kappa shape index (κ2) is 5.15. The molecule has 0 atom stereocenters. The van der Waals surface area contributed by atoms with Gasteiger partial charge in [-0.2, -0.15) is 17.8 Å². The van der Waals surface area contributed by atoms with E-state index in [4.69, 9.17) is 5.11 Å². The van der Waals surface area contributed by atoms with Crippen LogP contribution in [0.15, 0.2) is 6.07 Å². The zero-order valence-electron chi connectivity index (χ0n) is 9.47. The molecule has 1 aromatic heterocycles. The third kappa shape index (κ3) is 4.04. The van der Waals surface area contributed by atoms with Crippen LogP contribution in [-0.2, 0) is 15.0 Å². The van der Waals surface area contributed by atoms with Crippen molar-refractivity contribution in [2.75, 3.05) is 18.3 Å². The molecule has 0 saturated heterocycles. The van der Waals surface area contributed by atoms with Gasteiger partial charge in [-0.05, 0) is 6.92 Å². The van der Waals surface area contributed by atoms with Crippen LogP contribution in [0.4, 0.5) is 5.82 Å². The summed E-state index contributed by atoms with van der Waals surface area (Å²) in [5.74, 6) is -0.882. The molecule has 0 amide bonds. The van der Waals surface area contributed by atoms with Crippen molar-refractivity contribution in [1.82, 2.24) is 14.5 Å². The Morgan fingerprint density at radius 2 is 2.29 bits per heavy atom. The smallest absolute Gasteiger partial charge is 0.304 e. The Morgan fingerprint density at radius 3 is 2.76 bits per heavy atom. The van der Waals surface area contributed by atoms with Crippen LogP contribution < -0.4 is 4.72 Å². The van der Waals surface area contributed by atoms with Gasteiger partial charge in [-0.25, -0.2) is 0 Å². The predicted octanol–water partition coefficient (Wildman–Crippen LogP) is -0.219. The lowest BCUT2D eigenvalue weighted by Crippen LogP contribution is -2.34. The number of carboxylic acid groups (broad SMARTS) is 1. The molecule has 0 saturated carbocycles. The van der Waals surface area contributed by atoms with Crippen LogP contribution in [0.5, 0.6) is 0 Å². The highest BCUT2D eigenvalue weighted by Gasteiger charge is 2.19. The molecule has 0 radical (unpaired) electrons. The van der Waals surface area contributed by atoms with E-state index in [0.29, 0.717) is 0 Å². The standard InChI is InChI=1S/C8H14N4O4S/c1-6-5-7(10-9-6)11-17(15,16)12(2)4-3-8(13)14/h5H,3-4H2,1-2H3,(H,13,14)(H2,9,10,11). The minimum Gasteiger partial charge on any atom is -0.481 e. The molecule has 17 heavy (non-hydrogen) atoms. The number of aromatic amines is 1. The second-order valence-corrected chi connectivity index (χ2v) is 5.29. The molecule has 8 nitrogen and oxygen atoms in total. The lowest BCUT2D eigenvalue weighted by molar-refractivity contribution is -0.137. The van der Waals surface area contributed by atoms with Crippen LogP contribution in [0.3, 0.4) is 0 Å². The summed E-state index contributed by atoms with van der Waals surface area (Å²) in [7, 11) is -2.46. The highest BCUT2D eigenvalue weighted by atomic mass is 32.2. The first-order valence-corrected chi connectivity index (χ1v) is 6.23. The molecular weight excluding hydrogens is 248 g/mol. The monoisotopic (exact) mass is 262 g/mol. The Labute approximate surface area is 98.8 Å². The minimum absolute atomic E-state index is 0.103. The van der Waals surface area contributed by atoms with Crippen LogP contribution in [-0.4, -0.2) is 47.6 Å².